The average Bonchev–Trinajstić information content (AvgIpc) is 2.95. The summed E-state index contributed by atoms with van der Waals surface area (Å²) >= 11 is 0. The zero-order chi connectivity index (χ0) is 15.9. The van der Waals surface area contributed by atoms with E-state index in [9.17, 15) is 4.79 Å². The number of carbonyl (C=O) groups excluding carboxylic acids is 1. The number of benzene rings is 1. The highest BCUT2D eigenvalue weighted by Gasteiger charge is 2.15. The van der Waals surface area contributed by atoms with Gasteiger partial charge in [0.15, 0.2) is 0 Å². The van der Waals surface area contributed by atoms with E-state index in [1.54, 1.807) is 7.05 Å². The van der Waals surface area contributed by atoms with Crippen LogP contribution in [0.3, 0.4) is 0 Å². The number of aromatic nitrogens is 2. The lowest BCUT2D eigenvalue weighted by atomic mass is 10.2. The Hall–Kier alpha value is -2.14. The van der Waals surface area contributed by atoms with Crippen LogP contribution in [-0.4, -0.2) is 40.5 Å². The van der Waals surface area contributed by atoms with Crippen molar-refractivity contribution in [2.24, 2.45) is 0 Å². The summed E-state index contributed by atoms with van der Waals surface area (Å²) < 4.78 is 2.15. The highest BCUT2D eigenvalue weighted by Crippen LogP contribution is 2.11. The Morgan fingerprint density at radius 1 is 1.36 bits per heavy atom. The van der Waals surface area contributed by atoms with E-state index in [1.807, 2.05) is 37.8 Å². The fourth-order valence-corrected chi connectivity index (χ4v) is 2.34. The number of hydrogen-bond acceptors (Lipinski definition) is 3. The average molecular weight is 300 g/mol. The molecule has 0 saturated heterocycles. The molecule has 0 aliphatic heterocycles. The molecular formula is C17H24N4O. The molecule has 1 heterocycles. The van der Waals surface area contributed by atoms with Crippen LogP contribution in [0.5, 0.6) is 0 Å². The highest BCUT2D eigenvalue weighted by atomic mass is 16.1. The molecule has 1 N–H and O–H groups in total. The number of nitrogens with zero attached hydrogens (tertiary/aromatic N) is 3. The number of nitrogens with one attached hydrogen (secondary N) is 1. The summed E-state index contributed by atoms with van der Waals surface area (Å²) in [6, 6.07) is 10.5. The Balaban J connectivity index is 1.99. The van der Waals surface area contributed by atoms with Crippen LogP contribution in [0.2, 0.25) is 0 Å². The van der Waals surface area contributed by atoms with Crippen molar-refractivity contribution < 1.29 is 4.79 Å². The molecule has 0 unspecified atom stereocenters. The lowest BCUT2D eigenvalue weighted by Crippen LogP contribution is -2.34. The van der Waals surface area contributed by atoms with Gasteiger partial charge in [-0.05, 0) is 19.5 Å². The molecule has 1 amide bonds. The number of amides is 1. The van der Waals surface area contributed by atoms with Gasteiger partial charge in [0, 0.05) is 38.8 Å². The molecule has 1 atom stereocenters. The van der Waals surface area contributed by atoms with Gasteiger partial charge in [-0.2, -0.15) is 0 Å². The summed E-state index contributed by atoms with van der Waals surface area (Å²) in [7, 11) is 3.71. The van der Waals surface area contributed by atoms with Crippen molar-refractivity contribution in [1.29, 1.82) is 0 Å². The fourth-order valence-electron chi connectivity index (χ4n) is 2.34. The van der Waals surface area contributed by atoms with E-state index < -0.39 is 0 Å². The van der Waals surface area contributed by atoms with Crippen molar-refractivity contribution in [3.8, 4) is 0 Å². The van der Waals surface area contributed by atoms with Crippen LogP contribution in [0.4, 0.5) is 0 Å². The molecule has 22 heavy (non-hydrogen) atoms. The lowest BCUT2D eigenvalue weighted by Gasteiger charge is -2.24. The van der Waals surface area contributed by atoms with Crippen LogP contribution < -0.4 is 5.32 Å². The monoisotopic (exact) mass is 300 g/mol. The molecule has 0 saturated carbocycles. The first kappa shape index (κ1) is 16.2. The van der Waals surface area contributed by atoms with Crippen molar-refractivity contribution >= 4 is 5.91 Å². The van der Waals surface area contributed by atoms with Crippen LogP contribution in [0.25, 0.3) is 0 Å². The van der Waals surface area contributed by atoms with Crippen LogP contribution >= 0.6 is 0 Å². The van der Waals surface area contributed by atoms with Crippen molar-refractivity contribution in [1.82, 2.24) is 19.8 Å². The summed E-state index contributed by atoms with van der Waals surface area (Å²) in [5.74, 6) is 0.0668. The van der Waals surface area contributed by atoms with Gasteiger partial charge in [-0.1, -0.05) is 30.3 Å². The molecule has 0 radical (unpaired) electrons. The summed E-state index contributed by atoms with van der Waals surface area (Å²) in [6.07, 6.45) is 4.26. The molecule has 5 nitrogen and oxygen atoms in total. The standard InChI is InChI=1S/C17H24N4O/c1-14(9-17(22)18-2)20(3)12-16-10-19-13-21(16)11-15-7-5-4-6-8-15/h4-8,10,13-14H,9,11-12H2,1-3H3,(H,18,22)/t14-/m1/s1. The van der Waals surface area contributed by atoms with Crippen LogP contribution in [0.1, 0.15) is 24.6 Å². The quantitative estimate of drug-likeness (QED) is 0.849. The highest BCUT2D eigenvalue weighted by molar-refractivity contribution is 5.76. The molecule has 2 aromatic rings. The Bertz CT molecular complexity index is 594. The number of rotatable bonds is 7. The van der Waals surface area contributed by atoms with Gasteiger partial charge in [-0.3, -0.25) is 9.69 Å². The molecule has 2 rings (SSSR count). The maximum absolute atomic E-state index is 11.5. The van der Waals surface area contributed by atoms with Crippen molar-refractivity contribution in [3.63, 3.8) is 0 Å². The predicted octanol–water partition coefficient (Wildman–Crippen LogP) is 1.89. The van der Waals surface area contributed by atoms with Crippen molar-refractivity contribution in [2.75, 3.05) is 14.1 Å². The summed E-state index contributed by atoms with van der Waals surface area (Å²) in [5.41, 5.74) is 2.40. The molecule has 118 valence electrons. The van der Waals surface area contributed by atoms with E-state index in [1.165, 1.54) is 5.56 Å². The van der Waals surface area contributed by atoms with E-state index in [0.29, 0.717) is 6.42 Å². The van der Waals surface area contributed by atoms with Gasteiger partial charge in [0.1, 0.15) is 0 Å². The molecule has 0 fully saturated rings. The first-order chi connectivity index (χ1) is 10.6. The Morgan fingerprint density at radius 2 is 2.09 bits per heavy atom. The van der Waals surface area contributed by atoms with E-state index in [-0.39, 0.29) is 11.9 Å². The summed E-state index contributed by atoms with van der Waals surface area (Å²) in [5, 5.41) is 2.67. The fraction of sp³-hybridized carbons (Fsp3) is 0.412. The Kier molecular flexibility index (Phi) is 5.72. The molecular weight excluding hydrogens is 276 g/mol. The molecule has 0 spiro atoms. The van der Waals surface area contributed by atoms with Gasteiger partial charge < -0.3 is 9.88 Å². The summed E-state index contributed by atoms with van der Waals surface area (Å²) in [4.78, 5) is 17.9. The van der Waals surface area contributed by atoms with Gasteiger partial charge in [0.05, 0.1) is 12.0 Å². The minimum atomic E-state index is 0.0668. The molecule has 0 aliphatic carbocycles. The van der Waals surface area contributed by atoms with Gasteiger partial charge in [0.25, 0.3) is 0 Å². The SMILES string of the molecule is CNC(=O)C[C@@H](C)N(C)Cc1cncn1Cc1ccccc1. The number of carbonyl (C=O) groups is 1. The summed E-state index contributed by atoms with van der Waals surface area (Å²) in [6.45, 7) is 3.64. The zero-order valence-electron chi connectivity index (χ0n) is 13.5. The maximum atomic E-state index is 11.5. The van der Waals surface area contributed by atoms with Crippen molar-refractivity contribution in [3.05, 3.63) is 54.1 Å². The second-order valence-electron chi connectivity index (χ2n) is 5.64. The third-order valence-electron chi connectivity index (χ3n) is 3.92. The first-order valence-electron chi connectivity index (χ1n) is 7.54. The smallest absolute Gasteiger partial charge is 0.221 e. The van der Waals surface area contributed by atoms with Crippen LogP contribution in [-0.2, 0) is 17.9 Å². The number of hydrogen-bond donors (Lipinski definition) is 1. The predicted molar refractivity (Wildman–Crippen MR) is 87.4 cm³/mol. The third-order valence-corrected chi connectivity index (χ3v) is 3.92. The Labute approximate surface area is 132 Å². The molecule has 0 aliphatic rings. The molecule has 1 aromatic heterocycles. The number of imidazole rings is 1. The topological polar surface area (TPSA) is 50.2 Å². The maximum Gasteiger partial charge on any atom is 0.221 e. The lowest BCUT2D eigenvalue weighted by molar-refractivity contribution is -0.121. The second kappa shape index (κ2) is 7.75. The van der Waals surface area contributed by atoms with Gasteiger partial charge in [0.2, 0.25) is 5.91 Å². The molecule has 1 aromatic carbocycles. The van der Waals surface area contributed by atoms with Gasteiger partial charge in [-0.25, -0.2) is 4.98 Å². The minimum absolute atomic E-state index is 0.0668. The molecule has 0 bridgehead atoms. The van der Waals surface area contributed by atoms with Crippen molar-refractivity contribution in [2.45, 2.75) is 32.5 Å². The van der Waals surface area contributed by atoms with E-state index >= 15 is 0 Å². The van der Waals surface area contributed by atoms with E-state index in [0.717, 1.165) is 18.8 Å². The van der Waals surface area contributed by atoms with Crippen LogP contribution in [0, 0.1) is 0 Å². The minimum Gasteiger partial charge on any atom is -0.359 e. The van der Waals surface area contributed by atoms with E-state index in [2.05, 4.69) is 38.8 Å². The zero-order valence-corrected chi connectivity index (χ0v) is 13.5. The van der Waals surface area contributed by atoms with E-state index in [4.69, 9.17) is 0 Å². The normalized spacial score (nSPS) is 12.4. The van der Waals surface area contributed by atoms with Gasteiger partial charge in [-0.15, -0.1) is 0 Å². The van der Waals surface area contributed by atoms with Crippen LogP contribution in [0.15, 0.2) is 42.9 Å². The van der Waals surface area contributed by atoms with Gasteiger partial charge >= 0.3 is 0 Å². The first-order valence-corrected chi connectivity index (χ1v) is 7.54. The molecule has 5 heteroatoms. The second-order valence-corrected chi connectivity index (χ2v) is 5.64. The largest absolute Gasteiger partial charge is 0.359 e. The third kappa shape index (κ3) is 4.43. The Morgan fingerprint density at radius 3 is 2.77 bits per heavy atom.